The van der Waals surface area contributed by atoms with Gasteiger partial charge in [0.05, 0.1) is 42.2 Å². The molecule has 1 aromatic heterocycles. The number of nitrogens with one attached hydrogen (secondary N) is 5. The number of rotatable bonds is 17. The van der Waals surface area contributed by atoms with E-state index in [1.54, 1.807) is 19.2 Å². The number of nitrogens with zero attached hydrogens (tertiary/aromatic N) is 5. The largest absolute Gasteiger partial charge is 0.504 e. The Morgan fingerprint density at radius 3 is 2.00 bits per heavy atom. The van der Waals surface area contributed by atoms with E-state index in [2.05, 4.69) is 41.7 Å². The van der Waals surface area contributed by atoms with Crippen molar-refractivity contribution in [2.24, 2.45) is 17.4 Å². The van der Waals surface area contributed by atoms with Gasteiger partial charge in [0.2, 0.25) is 35.4 Å². The van der Waals surface area contributed by atoms with Crippen molar-refractivity contribution in [3.63, 3.8) is 0 Å². The van der Waals surface area contributed by atoms with Crippen LogP contribution in [0.15, 0.2) is 91.0 Å². The molecule has 0 bridgehead atoms. The lowest BCUT2D eigenvalue weighted by Crippen LogP contribution is -2.64. The van der Waals surface area contributed by atoms with E-state index in [0.29, 0.717) is 20.6 Å². The number of phenolic OH excluding ortho intramolecular Hbond substituents is 1. The zero-order chi connectivity index (χ0) is 67.7. The SMILES string of the molecule is C.COC1(c2ccc(Cl)cc2)CCN(c2ccc(-c3nnc(-c4ccc(C(=O)N[C@H]5C[C@@H](O)CNC(=O)[C@@H]6[C@@H](O)[C@@H](C)CN6C(=O)[C@H]([C@H](O)CCN)NC(=O)[C@H]([C@H](O)Cc6ccc(O)c(OCCN)c6)NC(=O)[C@@H]6C[C@@H](O)CN6C(=O)[C@H]([C@@H](C)O)NC5=O)cc4)s3)cc2)CC1. The number of carbonyl (C=O) groups is 7. The van der Waals surface area contributed by atoms with E-state index in [0.717, 1.165) is 59.5 Å². The molecule has 4 aromatic carbocycles. The predicted octanol–water partition coefficient (Wildman–Crippen LogP) is -0.356. The summed E-state index contributed by atoms with van der Waals surface area (Å²) in [5, 5.41) is 102. The first kappa shape index (κ1) is 72.9. The van der Waals surface area contributed by atoms with Crippen LogP contribution >= 0.6 is 22.9 Å². The monoisotopic (exact) mass is 1360 g/mol. The fourth-order valence-corrected chi connectivity index (χ4v) is 13.3. The molecule has 7 amide bonds. The summed E-state index contributed by atoms with van der Waals surface area (Å²) in [6.45, 7) is 2.58. The number of benzene rings is 4. The van der Waals surface area contributed by atoms with Crippen molar-refractivity contribution < 1.29 is 78.8 Å². The maximum Gasteiger partial charge on any atom is 0.251 e. The minimum Gasteiger partial charge on any atom is -0.504 e. The van der Waals surface area contributed by atoms with Gasteiger partial charge < -0.3 is 98.0 Å². The molecule has 4 fully saturated rings. The third-order valence-electron chi connectivity index (χ3n) is 17.7. The normalized spacial score (nSPS) is 25.7. The van der Waals surface area contributed by atoms with E-state index in [-0.39, 0.29) is 62.7 Å². The molecule has 95 heavy (non-hydrogen) atoms. The van der Waals surface area contributed by atoms with Gasteiger partial charge in [0.1, 0.15) is 52.9 Å². The van der Waals surface area contributed by atoms with Gasteiger partial charge in [-0.05, 0) is 105 Å². The van der Waals surface area contributed by atoms with E-state index in [1.165, 1.54) is 48.6 Å². The highest BCUT2D eigenvalue weighted by atomic mass is 35.5. The summed E-state index contributed by atoms with van der Waals surface area (Å²) < 4.78 is 11.6. The first-order chi connectivity index (χ1) is 44.9. The molecule has 5 heterocycles. The molecule has 9 rings (SSSR count). The molecule has 5 aromatic rings. The summed E-state index contributed by atoms with van der Waals surface area (Å²) in [6, 6.07) is 15.0. The van der Waals surface area contributed by atoms with E-state index in [9.17, 15) is 69.3 Å². The Hall–Kier alpha value is -7.94. The molecule has 0 saturated carbocycles. The molecule has 13 atom stereocenters. The number of hydrogen-bond acceptors (Lipinski definition) is 22. The van der Waals surface area contributed by atoms with Gasteiger partial charge >= 0.3 is 0 Å². The van der Waals surface area contributed by atoms with Crippen LogP contribution < -0.4 is 47.7 Å². The number of β-amino-alcohol motifs (C(OH)–C–C–N with tert-alkyl or cyclic N) is 1. The molecule has 0 aliphatic carbocycles. The van der Waals surface area contributed by atoms with Gasteiger partial charge in [-0.15, -0.1) is 10.2 Å². The summed E-state index contributed by atoms with van der Waals surface area (Å²) in [6.07, 6.45) is -10.3. The van der Waals surface area contributed by atoms with Crippen molar-refractivity contribution in [2.45, 2.75) is 138 Å². The summed E-state index contributed by atoms with van der Waals surface area (Å²) in [4.78, 5) is 106. The summed E-state index contributed by atoms with van der Waals surface area (Å²) in [7, 11) is 1.73. The predicted molar refractivity (Wildman–Crippen MR) is 350 cm³/mol. The Balaban J connectivity index is 0.0000116. The number of aliphatic hydroxyl groups excluding tert-OH is 6. The van der Waals surface area contributed by atoms with Crippen LogP contribution in [0.3, 0.4) is 0 Å². The number of carbonyl (C=O) groups excluding carboxylic acids is 7. The van der Waals surface area contributed by atoms with Crippen LogP contribution in [0.5, 0.6) is 11.5 Å². The van der Waals surface area contributed by atoms with Gasteiger partial charge in [0.15, 0.2) is 11.5 Å². The number of hydrogen-bond donors (Lipinski definition) is 14. The van der Waals surface area contributed by atoms with Gasteiger partial charge in [-0.25, -0.2) is 0 Å². The number of aromatic nitrogens is 2. The molecule has 28 nitrogen and oxygen atoms in total. The fourth-order valence-electron chi connectivity index (χ4n) is 12.4. The fraction of sp³-hybridized carbons (Fsp3) is 0.492. The molecule has 0 radical (unpaired) electrons. The topological polar surface area (TPSA) is 427 Å². The molecular formula is C65H85ClN12O16S. The van der Waals surface area contributed by atoms with E-state index in [4.69, 9.17) is 32.5 Å². The number of anilines is 1. The van der Waals surface area contributed by atoms with E-state index < -0.39 is 158 Å². The maximum absolute atomic E-state index is 14.7. The maximum atomic E-state index is 14.7. The zero-order valence-electron chi connectivity index (χ0n) is 52.0. The summed E-state index contributed by atoms with van der Waals surface area (Å²) >= 11 is 7.48. The van der Waals surface area contributed by atoms with Crippen LogP contribution in [0.2, 0.25) is 5.02 Å². The van der Waals surface area contributed by atoms with Crippen molar-refractivity contribution in [2.75, 3.05) is 64.4 Å². The lowest BCUT2D eigenvalue weighted by atomic mass is 9.84. The standard InChI is InChI=1S/C64H81ClN12O16S.CH4/c1-33-31-77-53(54(33)84)59(89)68-30-42(79)28-44(69-55(85)36-5-7-37(8-6-36)60-73-74-61(94-60)38-9-15-41(16-10-38)75-23-19-64(92-3,20-24-75)39-11-13-40(65)14-12-39)56(86)70-50(34(2)78)62(90)76-32-43(80)29-45(76)57(87)71-51(58(88)72-52(63(77)91)47(82)18-21-66)48(83)26-35-4-17-46(81)49(27-35)93-25-22-67;/h4-17,27,33-34,42-45,47-48,50-54,78-84H,18-26,28-32,66-67H2,1-3H3,(H,68,89)(H,69,85)(H,70,86)(H,71,87)(H,72,88);1H4/t33-,34+,42+,43+,44-,45-,47+,48+,50-,51-,52-,53-,54-;/m0./s1. The van der Waals surface area contributed by atoms with Crippen LogP contribution in [0.4, 0.5) is 5.69 Å². The third kappa shape index (κ3) is 17.0. The number of halogens is 1. The van der Waals surface area contributed by atoms with Crippen molar-refractivity contribution in [3.05, 3.63) is 113 Å². The van der Waals surface area contributed by atoms with Gasteiger partial charge in [0, 0.05) is 99.0 Å². The molecule has 30 heteroatoms. The molecular weight excluding hydrogens is 1270 g/mol. The van der Waals surface area contributed by atoms with E-state index >= 15 is 0 Å². The minimum atomic E-state index is -2.05. The van der Waals surface area contributed by atoms with Crippen LogP contribution in [-0.4, -0.2) is 229 Å². The Labute approximate surface area is 558 Å². The molecule has 4 saturated heterocycles. The van der Waals surface area contributed by atoms with Crippen molar-refractivity contribution >= 4 is 70.0 Å². The Kier molecular flexibility index (Phi) is 24.7. The smallest absolute Gasteiger partial charge is 0.251 e. The van der Waals surface area contributed by atoms with Crippen LogP contribution in [0.25, 0.3) is 21.1 Å². The Morgan fingerprint density at radius 1 is 0.758 bits per heavy atom. The van der Waals surface area contributed by atoms with Crippen molar-refractivity contribution in [3.8, 4) is 32.6 Å². The minimum absolute atomic E-state index is 0. The lowest BCUT2D eigenvalue weighted by molar-refractivity contribution is -0.147. The van der Waals surface area contributed by atoms with Gasteiger partial charge in [-0.2, -0.15) is 0 Å². The number of ether oxygens (including phenoxy) is 2. The number of piperidine rings is 1. The molecule has 4 aliphatic rings. The molecule has 0 unspecified atom stereocenters. The quantitative estimate of drug-likeness (QED) is 0.0565. The number of amides is 7. The Bertz CT molecular complexity index is 3490. The number of phenols is 1. The average molecular weight is 1360 g/mol. The first-order valence-corrected chi connectivity index (χ1v) is 32.3. The second-order valence-corrected chi connectivity index (χ2v) is 25.7. The first-order valence-electron chi connectivity index (χ1n) is 31.1. The second-order valence-electron chi connectivity index (χ2n) is 24.2. The number of methoxy groups -OCH3 is 1. The van der Waals surface area contributed by atoms with Gasteiger partial charge in [-0.1, -0.05) is 67.6 Å². The molecule has 0 spiro atoms. The van der Waals surface area contributed by atoms with Crippen molar-refractivity contribution in [1.29, 1.82) is 0 Å². The summed E-state index contributed by atoms with van der Waals surface area (Å²) in [5.74, 6) is -8.69. The van der Waals surface area contributed by atoms with E-state index in [1.807, 2.05) is 48.5 Å². The lowest BCUT2D eigenvalue weighted by Gasteiger charge is -2.42. The van der Waals surface area contributed by atoms with Crippen LogP contribution in [0, 0.1) is 5.92 Å². The molecule has 4 aliphatic heterocycles. The average Bonchev–Trinajstić information content (AvgIpc) is 1.79. The number of fused-ring (bicyclic) bond motifs is 2. The number of aliphatic hydroxyl groups is 6. The van der Waals surface area contributed by atoms with Crippen LogP contribution in [0.1, 0.15) is 74.9 Å². The molecule has 16 N–H and O–H groups in total. The van der Waals surface area contributed by atoms with Crippen LogP contribution in [-0.2, 0) is 45.5 Å². The van der Waals surface area contributed by atoms with Gasteiger partial charge in [-0.3, -0.25) is 33.6 Å². The number of nitrogens with two attached hydrogens (primary N) is 2. The highest BCUT2D eigenvalue weighted by molar-refractivity contribution is 7.17. The van der Waals surface area contributed by atoms with Crippen molar-refractivity contribution in [1.82, 2.24) is 46.6 Å². The zero-order valence-corrected chi connectivity index (χ0v) is 53.6. The number of aromatic hydroxyl groups is 1. The van der Waals surface area contributed by atoms with Gasteiger partial charge in [0.25, 0.3) is 5.91 Å². The third-order valence-corrected chi connectivity index (χ3v) is 19.0. The second kappa shape index (κ2) is 32.2. The highest BCUT2D eigenvalue weighted by Crippen LogP contribution is 2.39. The molecule has 514 valence electrons. The highest BCUT2D eigenvalue weighted by Gasteiger charge is 2.50. The summed E-state index contributed by atoms with van der Waals surface area (Å²) in [5.41, 5.74) is 14.8. The Morgan fingerprint density at radius 2 is 1.38 bits per heavy atom.